The predicted octanol–water partition coefficient (Wildman–Crippen LogP) is 3.60. The molecule has 6 nitrogen and oxygen atoms in total. The fourth-order valence-corrected chi connectivity index (χ4v) is 4.12. The summed E-state index contributed by atoms with van der Waals surface area (Å²) in [4.78, 5) is 30.2. The Hall–Kier alpha value is -3.15. The van der Waals surface area contributed by atoms with Crippen molar-refractivity contribution in [2.75, 3.05) is 25.1 Å². The molecule has 29 heavy (non-hydrogen) atoms. The van der Waals surface area contributed by atoms with E-state index in [-0.39, 0.29) is 24.3 Å². The van der Waals surface area contributed by atoms with Gasteiger partial charge in [0, 0.05) is 19.0 Å². The van der Waals surface area contributed by atoms with Crippen LogP contribution >= 0.6 is 0 Å². The number of methoxy groups -OCH3 is 1. The van der Waals surface area contributed by atoms with Gasteiger partial charge in [0.1, 0.15) is 11.8 Å². The number of fused-ring (bicyclic) bond motifs is 1. The fraction of sp³-hybridized carbons (Fsp3) is 0.348. The highest BCUT2D eigenvalue weighted by atomic mass is 16.5. The molecule has 6 heteroatoms. The van der Waals surface area contributed by atoms with Crippen LogP contribution in [0.4, 0.5) is 5.69 Å². The Labute approximate surface area is 170 Å². The lowest BCUT2D eigenvalue weighted by atomic mass is 9.98. The van der Waals surface area contributed by atoms with Crippen LogP contribution in [0.5, 0.6) is 0 Å². The number of imidazole rings is 1. The maximum atomic E-state index is 12.1. The lowest BCUT2D eigenvalue weighted by molar-refractivity contribution is -0.141. The number of ether oxygens (including phenoxy) is 1. The smallest absolute Gasteiger partial charge is 0.307 e. The number of nitrogens with zero attached hydrogens (tertiary/aromatic N) is 3. The zero-order chi connectivity index (χ0) is 20.2. The molecule has 0 N–H and O–H groups in total. The largest absolute Gasteiger partial charge is 0.469 e. The van der Waals surface area contributed by atoms with Gasteiger partial charge in [0.05, 0.1) is 37.1 Å². The molecule has 3 aromatic rings. The van der Waals surface area contributed by atoms with E-state index in [2.05, 4.69) is 15.5 Å². The Bertz CT molecular complexity index is 991. The van der Waals surface area contributed by atoms with Gasteiger partial charge in [-0.25, -0.2) is 4.98 Å². The Morgan fingerprint density at radius 1 is 1.17 bits per heavy atom. The number of aldehydes is 1. The summed E-state index contributed by atoms with van der Waals surface area (Å²) >= 11 is 0. The second-order valence-corrected chi connectivity index (χ2v) is 7.46. The maximum Gasteiger partial charge on any atom is 0.307 e. The maximum absolute atomic E-state index is 12.1. The number of carbonyl (C=O) groups is 2. The van der Waals surface area contributed by atoms with Crippen LogP contribution in [-0.4, -0.2) is 42.0 Å². The molecule has 1 aromatic heterocycles. The van der Waals surface area contributed by atoms with Gasteiger partial charge in [-0.2, -0.15) is 0 Å². The third-order valence-corrected chi connectivity index (χ3v) is 5.76. The monoisotopic (exact) mass is 391 g/mol. The lowest BCUT2D eigenvalue weighted by Gasteiger charge is -2.31. The number of anilines is 1. The van der Waals surface area contributed by atoms with Crippen molar-refractivity contribution in [2.45, 2.75) is 25.3 Å². The number of carbonyl (C=O) groups excluding carboxylic acids is 2. The van der Waals surface area contributed by atoms with E-state index in [9.17, 15) is 9.59 Å². The zero-order valence-electron chi connectivity index (χ0n) is 16.5. The average molecular weight is 391 g/mol. The van der Waals surface area contributed by atoms with Crippen LogP contribution in [0.25, 0.3) is 11.0 Å². The molecule has 0 radical (unpaired) electrons. The predicted molar refractivity (Wildman–Crippen MR) is 112 cm³/mol. The van der Waals surface area contributed by atoms with Crippen molar-refractivity contribution in [3.05, 3.63) is 60.4 Å². The second kappa shape index (κ2) is 8.47. The molecular weight excluding hydrogens is 366 g/mol. The van der Waals surface area contributed by atoms with Crippen molar-refractivity contribution in [3.63, 3.8) is 0 Å². The van der Waals surface area contributed by atoms with Crippen LogP contribution in [0.1, 0.15) is 30.9 Å². The number of para-hydroxylation sites is 1. The summed E-state index contributed by atoms with van der Waals surface area (Å²) in [5.74, 6) is -0.0988. The molecule has 2 heterocycles. The minimum Gasteiger partial charge on any atom is -0.469 e. The lowest BCUT2D eigenvalue weighted by Crippen LogP contribution is -2.34. The molecule has 1 atom stereocenters. The first-order chi connectivity index (χ1) is 14.2. The summed E-state index contributed by atoms with van der Waals surface area (Å²) in [5.41, 5.74) is 4.02. The van der Waals surface area contributed by atoms with E-state index < -0.39 is 0 Å². The molecule has 150 valence electrons. The minimum absolute atomic E-state index is 0.158. The Kier molecular flexibility index (Phi) is 5.60. The Balaban J connectivity index is 1.72. The van der Waals surface area contributed by atoms with Gasteiger partial charge in [-0.05, 0) is 30.5 Å². The third kappa shape index (κ3) is 3.88. The first-order valence-corrected chi connectivity index (χ1v) is 9.99. The highest BCUT2D eigenvalue weighted by Crippen LogP contribution is 2.33. The van der Waals surface area contributed by atoms with Crippen LogP contribution < -0.4 is 4.90 Å². The molecule has 0 amide bonds. The molecule has 2 aromatic carbocycles. The van der Waals surface area contributed by atoms with Gasteiger partial charge in [-0.3, -0.25) is 4.79 Å². The van der Waals surface area contributed by atoms with Crippen molar-refractivity contribution in [3.8, 4) is 0 Å². The second-order valence-electron chi connectivity index (χ2n) is 7.46. The van der Waals surface area contributed by atoms with Gasteiger partial charge in [-0.15, -0.1) is 0 Å². The Morgan fingerprint density at radius 3 is 2.62 bits per heavy atom. The van der Waals surface area contributed by atoms with Crippen LogP contribution in [-0.2, 0) is 14.3 Å². The van der Waals surface area contributed by atoms with Crippen LogP contribution in [0, 0.1) is 5.92 Å². The van der Waals surface area contributed by atoms with Crippen molar-refractivity contribution >= 4 is 29.0 Å². The molecule has 4 rings (SSSR count). The first kappa shape index (κ1) is 19.2. The van der Waals surface area contributed by atoms with Gasteiger partial charge >= 0.3 is 5.97 Å². The van der Waals surface area contributed by atoms with Gasteiger partial charge in [-0.1, -0.05) is 36.4 Å². The van der Waals surface area contributed by atoms with Gasteiger partial charge in [0.25, 0.3) is 0 Å². The molecule has 1 aliphatic heterocycles. The molecule has 1 fully saturated rings. The molecule has 0 aliphatic carbocycles. The van der Waals surface area contributed by atoms with E-state index in [1.165, 1.54) is 7.11 Å². The van der Waals surface area contributed by atoms with E-state index in [1.54, 1.807) is 0 Å². The van der Waals surface area contributed by atoms with E-state index >= 15 is 0 Å². The Morgan fingerprint density at radius 2 is 1.93 bits per heavy atom. The van der Waals surface area contributed by atoms with Crippen LogP contribution in [0.3, 0.4) is 0 Å². The molecule has 1 unspecified atom stereocenters. The summed E-state index contributed by atoms with van der Waals surface area (Å²) in [6.07, 6.45) is 4.86. The minimum atomic E-state index is -0.257. The summed E-state index contributed by atoms with van der Waals surface area (Å²) in [6, 6.07) is 15.9. The van der Waals surface area contributed by atoms with E-state index in [1.807, 2.05) is 48.8 Å². The van der Waals surface area contributed by atoms with Gasteiger partial charge in [0.15, 0.2) is 0 Å². The van der Waals surface area contributed by atoms with E-state index in [0.29, 0.717) is 0 Å². The van der Waals surface area contributed by atoms with Gasteiger partial charge < -0.3 is 19.0 Å². The van der Waals surface area contributed by atoms with Gasteiger partial charge in [0.2, 0.25) is 0 Å². The van der Waals surface area contributed by atoms with Crippen molar-refractivity contribution in [1.82, 2.24) is 9.55 Å². The molecule has 0 saturated carbocycles. The first-order valence-electron chi connectivity index (χ1n) is 9.99. The number of rotatable bonds is 6. The topological polar surface area (TPSA) is 64.4 Å². The fourth-order valence-electron chi connectivity index (χ4n) is 4.12. The summed E-state index contributed by atoms with van der Waals surface area (Å²) in [5, 5.41) is 0. The standard InChI is InChI=1S/C23H25N3O3/c1-29-22(28)14-21(18-6-3-2-4-7-18)26-16-24-23-19(8-5-9-20(23)26)25-12-10-17(15-27)11-13-25/h2-9,15-17,21H,10-14H2,1H3. The normalized spacial score (nSPS) is 16.0. The quantitative estimate of drug-likeness (QED) is 0.474. The van der Waals surface area contributed by atoms with E-state index in [4.69, 9.17) is 9.72 Å². The van der Waals surface area contributed by atoms with Crippen molar-refractivity contribution < 1.29 is 14.3 Å². The highest BCUT2D eigenvalue weighted by molar-refractivity contribution is 5.89. The SMILES string of the molecule is COC(=O)CC(c1ccccc1)n1cnc2c(N3CCC(C=O)CC3)cccc21. The number of hydrogen-bond donors (Lipinski definition) is 0. The highest BCUT2D eigenvalue weighted by Gasteiger charge is 2.24. The molecule has 1 saturated heterocycles. The van der Waals surface area contributed by atoms with Crippen molar-refractivity contribution in [1.29, 1.82) is 0 Å². The molecule has 0 spiro atoms. The summed E-state index contributed by atoms with van der Waals surface area (Å²) < 4.78 is 7.00. The van der Waals surface area contributed by atoms with Crippen LogP contribution in [0.15, 0.2) is 54.9 Å². The molecule has 0 bridgehead atoms. The zero-order valence-corrected chi connectivity index (χ0v) is 16.5. The van der Waals surface area contributed by atoms with Crippen LogP contribution in [0.2, 0.25) is 0 Å². The molecular formula is C23H25N3O3. The summed E-state index contributed by atoms with van der Waals surface area (Å²) in [7, 11) is 1.41. The average Bonchev–Trinajstić information content (AvgIpc) is 3.22. The third-order valence-electron chi connectivity index (χ3n) is 5.76. The molecule has 1 aliphatic rings. The number of piperidine rings is 1. The number of esters is 1. The van der Waals surface area contributed by atoms with Crippen molar-refractivity contribution in [2.24, 2.45) is 5.92 Å². The van der Waals surface area contributed by atoms with E-state index in [0.717, 1.165) is 54.5 Å². The number of hydrogen-bond acceptors (Lipinski definition) is 5. The summed E-state index contributed by atoms with van der Waals surface area (Å²) in [6.45, 7) is 1.69. The number of benzene rings is 2. The number of aromatic nitrogens is 2.